The summed E-state index contributed by atoms with van der Waals surface area (Å²) < 4.78 is 8.16. The van der Waals surface area contributed by atoms with Crippen molar-refractivity contribution in [1.82, 2.24) is 4.57 Å². The maximum atomic E-state index is 12.7. The Bertz CT molecular complexity index is 1080. The van der Waals surface area contributed by atoms with Gasteiger partial charge in [0.15, 0.2) is 4.80 Å². The van der Waals surface area contributed by atoms with Crippen molar-refractivity contribution in [1.29, 1.82) is 0 Å². The van der Waals surface area contributed by atoms with Crippen molar-refractivity contribution >= 4 is 73.9 Å². The predicted octanol–water partition coefficient (Wildman–Crippen LogP) is 6.09. The van der Waals surface area contributed by atoms with E-state index in [1.54, 1.807) is 18.2 Å². The molecule has 0 unspecified atom stereocenters. The van der Waals surface area contributed by atoms with Gasteiger partial charge in [-0.3, -0.25) is 4.79 Å². The third-order valence-corrected chi connectivity index (χ3v) is 6.14. The molecule has 4 nitrogen and oxygen atoms in total. The van der Waals surface area contributed by atoms with Crippen LogP contribution in [0.2, 0.25) is 20.1 Å². The molecule has 27 heavy (non-hydrogen) atoms. The van der Waals surface area contributed by atoms with Gasteiger partial charge in [-0.25, -0.2) is 0 Å². The summed E-state index contributed by atoms with van der Waals surface area (Å²) in [5.41, 5.74) is 1.00. The lowest BCUT2D eigenvalue weighted by atomic mass is 10.2. The highest BCUT2D eigenvalue weighted by atomic mass is 35.5. The number of amides is 1. The highest BCUT2D eigenvalue weighted by Gasteiger charge is 2.15. The molecule has 0 bridgehead atoms. The van der Waals surface area contributed by atoms with Crippen LogP contribution in [-0.2, 0) is 11.3 Å². The fraction of sp³-hybridized carbons (Fsp3) is 0.222. The van der Waals surface area contributed by atoms with E-state index in [2.05, 4.69) is 4.99 Å². The largest absolute Gasteiger partial charge is 0.380 e. The molecule has 0 saturated carbocycles. The van der Waals surface area contributed by atoms with Crippen LogP contribution in [-0.4, -0.2) is 23.7 Å². The number of rotatable bonds is 5. The van der Waals surface area contributed by atoms with Gasteiger partial charge in [0, 0.05) is 18.2 Å². The standard InChI is InChI=1S/C18H14Cl4N2O2S/c1-2-26-8-7-24-16-14(6-5-12(20)15(16)22)27-18(24)23-17(25)11-4-3-10(19)9-13(11)21/h3-6,9H,2,7-8H2,1H3. The van der Waals surface area contributed by atoms with Gasteiger partial charge >= 0.3 is 0 Å². The average molecular weight is 464 g/mol. The summed E-state index contributed by atoms with van der Waals surface area (Å²) in [7, 11) is 0. The number of benzene rings is 2. The van der Waals surface area contributed by atoms with Gasteiger partial charge in [0.2, 0.25) is 0 Å². The Morgan fingerprint density at radius 2 is 1.93 bits per heavy atom. The van der Waals surface area contributed by atoms with Gasteiger partial charge in [-0.05, 0) is 37.3 Å². The summed E-state index contributed by atoms with van der Waals surface area (Å²) in [5.74, 6) is -0.462. The molecule has 1 amide bonds. The van der Waals surface area contributed by atoms with Gasteiger partial charge in [0.1, 0.15) is 0 Å². The summed E-state index contributed by atoms with van der Waals surface area (Å²) in [5, 5.41) is 1.55. The van der Waals surface area contributed by atoms with Gasteiger partial charge in [0.05, 0.1) is 37.5 Å². The van der Waals surface area contributed by atoms with Crippen molar-refractivity contribution in [2.24, 2.45) is 4.99 Å². The molecule has 3 aromatic rings. The molecule has 0 aliphatic rings. The summed E-state index contributed by atoms with van der Waals surface area (Å²) >= 11 is 25.9. The summed E-state index contributed by atoms with van der Waals surface area (Å²) in [4.78, 5) is 17.4. The monoisotopic (exact) mass is 462 g/mol. The second kappa shape index (κ2) is 8.95. The van der Waals surface area contributed by atoms with Crippen LogP contribution in [0, 0.1) is 0 Å². The van der Waals surface area contributed by atoms with Crippen molar-refractivity contribution in [3.05, 3.63) is 60.8 Å². The first kappa shape index (κ1) is 20.6. The van der Waals surface area contributed by atoms with Gasteiger partial charge in [-0.2, -0.15) is 4.99 Å². The van der Waals surface area contributed by atoms with E-state index < -0.39 is 5.91 Å². The molecular weight excluding hydrogens is 450 g/mol. The first-order valence-electron chi connectivity index (χ1n) is 8.01. The Balaban J connectivity index is 2.14. The highest BCUT2D eigenvalue weighted by Crippen LogP contribution is 2.32. The number of thiazole rings is 1. The smallest absolute Gasteiger partial charge is 0.281 e. The Morgan fingerprint density at radius 1 is 1.15 bits per heavy atom. The van der Waals surface area contributed by atoms with E-state index >= 15 is 0 Å². The van der Waals surface area contributed by atoms with Crippen molar-refractivity contribution < 1.29 is 9.53 Å². The zero-order valence-electron chi connectivity index (χ0n) is 14.1. The van der Waals surface area contributed by atoms with Crippen molar-refractivity contribution in [3.63, 3.8) is 0 Å². The lowest BCUT2D eigenvalue weighted by molar-refractivity contribution is 0.0997. The number of hydrogen-bond acceptors (Lipinski definition) is 3. The molecule has 1 heterocycles. The van der Waals surface area contributed by atoms with Crippen LogP contribution in [0.3, 0.4) is 0 Å². The molecule has 0 radical (unpaired) electrons. The number of fused-ring (bicyclic) bond motifs is 1. The molecule has 2 aromatic carbocycles. The van der Waals surface area contributed by atoms with Gasteiger partial charge in [-0.1, -0.05) is 57.7 Å². The minimum atomic E-state index is -0.462. The number of nitrogens with zero attached hydrogens (tertiary/aromatic N) is 2. The van der Waals surface area contributed by atoms with E-state index in [-0.39, 0.29) is 10.6 Å². The van der Waals surface area contributed by atoms with Gasteiger partial charge in [0.25, 0.3) is 5.91 Å². The summed E-state index contributed by atoms with van der Waals surface area (Å²) in [6.07, 6.45) is 0. The van der Waals surface area contributed by atoms with E-state index in [0.29, 0.717) is 39.6 Å². The SMILES string of the molecule is CCOCCn1c(=NC(=O)c2ccc(Cl)cc2Cl)sc2ccc(Cl)c(Cl)c21. The fourth-order valence-corrected chi connectivity index (χ4v) is 4.53. The third kappa shape index (κ3) is 4.50. The molecule has 1 aromatic heterocycles. The van der Waals surface area contributed by atoms with Crippen LogP contribution in [0.4, 0.5) is 0 Å². The van der Waals surface area contributed by atoms with E-state index in [4.69, 9.17) is 51.1 Å². The lowest BCUT2D eigenvalue weighted by Gasteiger charge is -2.07. The van der Waals surface area contributed by atoms with Crippen LogP contribution >= 0.6 is 57.7 Å². The van der Waals surface area contributed by atoms with Crippen molar-refractivity contribution in [2.75, 3.05) is 13.2 Å². The maximum Gasteiger partial charge on any atom is 0.281 e. The van der Waals surface area contributed by atoms with E-state index in [1.807, 2.05) is 17.6 Å². The molecule has 142 valence electrons. The molecule has 3 rings (SSSR count). The van der Waals surface area contributed by atoms with E-state index in [1.165, 1.54) is 17.4 Å². The predicted molar refractivity (Wildman–Crippen MR) is 113 cm³/mol. The molecule has 0 fully saturated rings. The topological polar surface area (TPSA) is 43.6 Å². The molecule has 0 saturated heterocycles. The van der Waals surface area contributed by atoms with Crippen LogP contribution in [0.15, 0.2) is 35.3 Å². The Hall–Kier alpha value is -1.08. The molecule has 0 spiro atoms. The Kier molecular flexibility index (Phi) is 6.84. The van der Waals surface area contributed by atoms with Crippen LogP contribution < -0.4 is 4.80 Å². The molecule has 0 N–H and O–H groups in total. The first-order chi connectivity index (χ1) is 12.9. The molecular formula is C18H14Cl4N2O2S. The Labute approximate surface area is 179 Å². The fourth-order valence-electron chi connectivity index (χ4n) is 2.51. The summed E-state index contributed by atoms with van der Waals surface area (Å²) in [6.45, 7) is 3.43. The van der Waals surface area contributed by atoms with E-state index in [9.17, 15) is 4.79 Å². The van der Waals surface area contributed by atoms with Crippen LogP contribution in [0.5, 0.6) is 0 Å². The normalized spacial score (nSPS) is 12.1. The number of carbonyl (C=O) groups excluding carboxylic acids is 1. The summed E-state index contributed by atoms with van der Waals surface area (Å²) in [6, 6.07) is 8.23. The number of halogens is 4. The zero-order valence-corrected chi connectivity index (χ0v) is 18.0. The van der Waals surface area contributed by atoms with Crippen molar-refractivity contribution in [2.45, 2.75) is 13.5 Å². The van der Waals surface area contributed by atoms with Crippen LogP contribution in [0.1, 0.15) is 17.3 Å². The highest BCUT2D eigenvalue weighted by molar-refractivity contribution is 7.16. The Morgan fingerprint density at radius 3 is 2.63 bits per heavy atom. The quantitative estimate of drug-likeness (QED) is 0.429. The number of carbonyl (C=O) groups is 1. The minimum absolute atomic E-state index is 0.249. The van der Waals surface area contributed by atoms with Gasteiger partial charge in [-0.15, -0.1) is 0 Å². The van der Waals surface area contributed by atoms with Crippen molar-refractivity contribution in [3.8, 4) is 0 Å². The molecule has 0 atom stereocenters. The minimum Gasteiger partial charge on any atom is -0.380 e. The molecule has 0 aliphatic carbocycles. The number of aromatic nitrogens is 1. The van der Waals surface area contributed by atoms with Crippen LogP contribution in [0.25, 0.3) is 10.2 Å². The number of hydrogen-bond donors (Lipinski definition) is 0. The lowest BCUT2D eigenvalue weighted by Crippen LogP contribution is -2.20. The maximum absolute atomic E-state index is 12.7. The number of ether oxygens (including phenoxy) is 1. The second-order valence-corrected chi connectivity index (χ2v) is 8.12. The van der Waals surface area contributed by atoms with E-state index in [0.717, 1.165) is 10.2 Å². The molecule has 0 aliphatic heterocycles. The first-order valence-corrected chi connectivity index (χ1v) is 10.3. The van der Waals surface area contributed by atoms with Gasteiger partial charge < -0.3 is 9.30 Å². The zero-order chi connectivity index (χ0) is 19.6. The molecule has 9 heteroatoms. The third-order valence-electron chi connectivity index (χ3n) is 3.76. The average Bonchev–Trinajstić information content (AvgIpc) is 2.96. The second-order valence-electron chi connectivity index (χ2n) is 5.48.